The van der Waals surface area contributed by atoms with E-state index in [1.165, 1.54) is 11.4 Å². The molecule has 3 aromatic rings. The van der Waals surface area contributed by atoms with Gasteiger partial charge in [-0.2, -0.15) is 0 Å². The molecule has 0 aliphatic heterocycles. The Balaban J connectivity index is 1.88. The zero-order valence-electron chi connectivity index (χ0n) is 25.2. The van der Waals surface area contributed by atoms with E-state index in [2.05, 4.69) is 5.32 Å². The normalized spacial score (nSPS) is 12.0. The van der Waals surface area contributed by atoms with E-state index in [1.54, 1.807) is 29.2 Å². The van der Waals surface area contributed by atoms with Gasteiger partial charge in [-0.25, -0.2) is 8.42 Å². The lowest BCUT2D eigenvalue weighted by Crippen LogP contribution is -2.51. The molecule has 0 aliphatic carbocycles. The molecular weight excluding hydrogens is 550 g/mol. The van der Waals surface area contributed by atoms with Crippen molar-refractivity contribution in [2.45, 2.75) is 52.6 Å². The highest BCUT2D eigenvalue weighted by Crippen LogP contribution is 2.24. The highest BCUT2D eigenvalue weighted by molar-refractivity contribution is 7.92. The van der Waals surface area contributed by atoms with E-state index in [0.717, 1.165) is 22.9 Å². The summed E-state index contributed by atoms with van der Waals surface area (Å²) >= 11 is 0. The molecule has 3 rings (SSSR count). The number of sulfonamides is 1. The molecule has 0 heterocycles. The monoisotopic (exact) mass is 593 g/mol. The van der Waals surface area contributed by atoms with Gasteiger partial charge in [-0.1, -0.05) is 80.1 Å². The molecule has 8 nitrogen and oxygen atoms in total. The zero-order chi connectivity index (χ0) is 30.7. The third kappa shape index (κ3) is 9.91. The molecule has 0 radical (unpaired) electrons. The zero-order valence-corrected chi connectivity index (χ0v) is 26.1. The molecule has 1 atom stereocenters. The number of nitrogens with one attached hydrogen (secondary N) is 1. The average Bonchev–Trinajstić information content (AvgIpc) is 2.96. The second-order valence-corrected chi connectivity index (χ2v) is 12.9. The number of carbonyl (C=O) groups is 2. The largest absolute Gasteiger partial charge is 0.497 e. The van der Waals surface area contributed by atoms with Crippen LogP contribution in [0.4, 0.5) is 5.69 Å². The van der Waals surface area contributed by atoms with Crippen molar-refractivity contribution in [3.63, 3.8) is 0 Å². The van der Waals surface area contributed by atoms with Gasteiger partial charge in [0.25, 0.3) is 0 Å². The van der Waals surface area contributed by atoms with E-state index in [1.807, 2.05) is 75.4 Å². The minimum Gasteiger partial charge on any atom is -0.497 e. The highest BCUT2D eigenvalue weighted by atomic mass is 32.2. The lowest BCUT2D eigenvalue weighted by atomic mass is 10.0. The third-order valence-corrected chi connectivity index (χ3v) is 8.12. The number of carbonyl (C=O) groups excluding carboxylic acids is 2. The number of methoxy groups -OCH3 is 1. The first-order valence-electron chi connectivity index (χ1n) is 14.3. The first kappa shape index (κ1) is 32.7. The van der Waals surface area contributed by atoms with E-state index in [4.69, 9.17) is 4.74 Å². The lowest BCUT2D eigenvalue weighted by Gasteiger charge is -2.32. The van der Waals surface area contributed by atoms with Crippen LogP contribution in [0.2, 0.25) is 0 Å². The Kier molecular flexibility index (Phi) is 12.0. The quantitative estimate of drug-likeness (QED) is 0.269. The van der Waals surface area contributed by atoms with Crippen LogP contribution in [0.15, 0.2) is 78.9 Å². The van der Waals surface area contributed by atoms with Crippen molar-refractivity contribution in [1.82, 2.24) is 10.2 Å². The number of hydrogen-bond acceptors (Lipinski definition) is 5. The second-order valence-electron chi connectivity index (χ2n) is 11.0. The van der Waals surface area contributed by atoms with Crippen molar-refractivity contribution in [2.24, 2.45) is 5.92 Å². The Morgan fingerprint density at radius 1 is 0.929 bits per heavy atom. The van der Waals surface area contributed by atoms with Gasteiger partial charge in [-0.3, -0.25) is 13.9 Å². The average molecular weight is 594 g/mol. The smallest absolute Gasteiger partial charge is 0.243 e. The van der Waals surface area contributed by atoms with E-state index in [9.17, 15) is 18.0 Å². The fraction of sp³-hybridized carbons (Fsp3) is 0.394. The van der Waals surface area contributed by atoms with E-state index in [0.29, 0.717) is 24.4 Å². The Bertz CT molecular complexity index is 1410. The van der Waals surface area contributed by atoms with Gasteiger partial charge < -0.3 is 15.0 Å². The molecule has 0 bridgehead atoms. The summed E-state index contributed by atoms with van der Waals surface area (Å²) in [5.74, 6) is 0.376. The van der Waals surface area contributed by atoms with Crippen molar-refractivity contribution < 1.29 is 22.7 Å². The van der Waals surface area contributed by atoms with Crippen LogP contribution in [-0.4, -0.2) is 57.6 Å². The summed E-state index contributed by atoms with van der Waals surface area (Å²) in [6.45, 7) is 6.92. The Labute approximate surface area is 250 Å². The molecule has 0 aromatic heterocycles. The van der Waals surface area contributed by atoms with Crippen LogP contribution in [0.3, 0.4) is 0 Å². The maximum absolute atomic E-state index is 13.9. The topological polar surface area (TPSA) is 96.0 Å². The van der Waals surface area contributed by atoms with Crippen molar-refractivity contribution in [2.75, 3.05) is 30.8 Å². The van der Waals surface area contributed by atoms with Gasteiger partial charge >= 0.3 is 0 Å². The number of benzene rings is 3. The number of hydrogen-bond donors (Lipinski definition) is 1. The van der Waals surface area contributed by atoms with Crippen LogP contribution in [0, 0.1) is 12.8 Å². The molecule has 0 fully saturated rings. The highest BCUT2D eigenvalue weighted by Gasteiger charge is 2.30. The maximum Gasteiger partial charge on any atom is 0.243 e. The summed E-state index contributed by atoms with van der Waals surface area (Å²) in [6.07, 6.45) is 1.86. The maximum atomic E-state index is 13.9. The molecule has 0 saturated carbocycles. The van der Waals surface area contributed by atoms with Crippen LogP contribution >= 0.6 is 0 Å². The van der Waals surface area contributed by atoms with Crippen LogP contribution < -0.4 is 14.4 Å². The first-order chi connectivity index (χ1) is 20.0. The van der Waals surface area contributed by atoms with Gasteiger partial charge in [0.1, 0.15) is 11.8 Å². The Morgan fingerprint density at radius 3 is 2.24 bits per heavy atom. The van der Waals surface area contributed by atoms with Gasteiger partial charge in [0.2, 0.25) is 21.8 Å². The number of aryl methyl sites for hydroxylation is 1. The predicted molar refractivity (Wildman–Crippen MR) is 168 cm³/mol. The van der Waals surface area contributed by atoms with Crippen LogP contribution in [0.5, 0.6) is 5.75 Å². The molecule has 0 saturated heterocycles. The van der Waals surface area contributed by atoms with Gasteiger partial charge in [0.15, 0.2) is 0 Å². The van der Waals surface area contributed by atoms with Gasteiger partial charge in [-0.15, -0.1) is 0 Å². The lowest BCUT2D eigenvalue weighted by molar-refractivity contribution is -0.141. The third-order valence-electron chi connectivity index (χ3n) is 6.92. The molecule has 3 aromatic carbocycles. The number of amides is 2. The molecule has 1 N–H and O–H groups in total. The number of ether oxygens (including phenoxy) is 1. The van der Waals surface area contributed by atoms with Crippen LogP contribution in [0.1, 0.15) is 43.4 Å². The summed E-state index contributed by atoms with van der Waals surface area (Å²) in [7, 11) is -2.09. The fourth-order valence-corrected chi connectivity index (χ4v) is 5.59. The Morgan fingerprint density at radius 2 is 1.62 bits per heavy atom. The minimum absolute atomic E-state index is 0.0740. The van der Waals surface area contributed by atoms with E-state index in [-0.39, 0.29) is 43.7 Å². The molecule has 42 heavy (non-hydrogen) atoms. The summed E-state index contributed by atoms with van der Waals surface area (Å²) in [4.78, 5) is 29.2. The molecule has 226 valence electrons. The molecular formula is C33H43N3O5S. The number of rotatable bonds is 15. The van der Waals surface area contributed by atoms with Crippen molar-refractivity contribution >= 4 is 27.5 Å². The molecule has 0 unspecified atom stereocenters. The van der Waals surface area contributed by atoms with Crippen molar-refractivity contribution in [3.8, 4) is 5.75 Å². The van der Waals surface area contributed by atoms with E-state index < -0.39 is 16.1 Å². The summed E-state index contributed by atoms with van der Waals surface area (Å²) in [5, 5.41) is 3.03. The van der Waals surface area contributed by atoms with Crippen molar-refractivity contribution in [1.29, 1.82) is 0 Å². The summed E-state index contributed by atoms with van der Waals surface area (Å²) < 4.78 is 31.9. The van der Waals surface area contributed by atoms with Crippen LogP contribution in [-0.2, 0) is 32.6 Å². The summed E-state index contributed by atoms with van der Waals surface area (Å²) in [6, 6.07) is 23.7. The first-order valence-corrected chi connectivity index (χ1v) is 16.1. The molecule has 0 spiro atoms. The van der Waals surface area contributed by atoms with Gasteiger partial charge in [-0.05, 0) is 42.5 Å². The number of nitrogens with zero attached hydrogens (tertiary/aromatic N) is 2. The molecule has 9 heteroatoms. The Hall–Kier alpha value is -3.85. The SMILES string of the molecule is COc1cccc(N(CCCC(=O)N(Cc2ccc(C)cc2)[C@@H](Cc2ccccc2)C(=O)NCC(C)C)S(C)(=O)=O)c1. The summed E-state index contributed by atoms with van der Waals surface area (Å²) in [5.41, 5.74) is 3.43. The fourth-order valence-electron chi connectivity index (χ4n) is 4.64. The van der Waals surface area contributed by atoms with Gasteiger partial charge in [0, 0.05) is 38.5 Å². The second kappa shape index (κ2) is 15.4. The molecule has 0 aliphatic rings. The minimum atomic E-state index is -3.61. The van der Waals surface area contributed by atoms with E-state index >= 15 is 0 Å². The van der Waals surface area contributed by atoms with Crippen LogP contribution in [0.25, 0.3) is 0 Å². The number of anilines is 1. The standard InChI is InChI=1S/C33H43N3O5S/c1-25(2)23-34-33(38)31(21-27-11-7-6-8-12-27)35(24-28-18-16-26(3)17-19-28)32(37)15-10-20-36(42(5,39)40)29-13-9-14-30(22-29)41-4/h6-9,11-14,16-19,22,25,31H,10,15,20-21,23-24H2,1-5H3,(H,34,38)/t31-/m0/s1. The van der Waals surface area contributed by atoms with Crippen molar-refractivity contribution in [3.05, 3.63) is 95.6 Å². The predicted octanol–water partition coefficient (Wildman–Crippen LogP) is 4.96. The molecule has 2 amide bonds. The van der Waals surface area contributed by atoms with Gasteiger partial charge in [0.05, 0.1) is 19.1 Å².